The Hall–Kier alpha value is -0.770. The van der Waals surface area contributed by atoms with E-state index in [1.807, 2.05) is 18.2 Å². The number of nitrogens with one attached hydrogen (secondary N) is 1. The highest BCUT2D eigenvalue weighted by Crippen LogP contribution is 2.22. The van der Waals surface area contributed by atoms with Crippen molar-refractivity contribution in [2.45, 2.75) is 33.4 Å². The predicted octanol–water partition coefficient (Wildman–Crippen LogP) is 3.17. The summed E-state index contributed by atoms with van der Waals surface area (Å²) in [6.45, 7) is 10.6. The average Bonchev–Trinajstić information content (AvgIpc) is 2.43. The molecule has 1 atom stereocenters. The van der Waals surface area contributed by atoms with Crippen molar-refractivity contribution in [2.24, 2.45) is 0 Å². The number of likely N-dealkylation sites (N-methyl/N-ethyl adjacent to an activating group) is 1. The van der Waals surface area contributed by atoms with E-state index >= 15 is 0 Å². The molecule has 108 valence electrons. The monoisotopic (exact) mass is 284 g/mol. The van der Waals surface area contributed by atoms with Crippen molar-refractivity contribution in [2.75, 3.05) is 26.7 Å². The fourth-order valence-electron chi connectivity index (χ4n) is 2.08. The molecule has 0 aliphatic carbocycles. The molecule has 0 aromatic heterocycles. The minimum absolute atomic E-state index is 0.445. The highest BCUT2D eigenvalue weighted by Gasteiger charge is 2.09. The van der Waals surface area contributed by atoms with Gasteiger partial charge in [0.2, 0.25) is 0 Å². The van der Waals surface area contributed by atoms with Crippen LogP contribution < -0.4 is 10.1 Å². The molecule has 0 saturated heterocycles. The maximum absolute atomic E-state index is 5.96. The molecule has 3 nitrogen and oxygen atoms in total. The molecular formula is C15H25ClN2O. The number of hydrogen-bond donors (Lipinski definition) is 1. The van der Waals surface area contributed by atoms with Crippen molar-refractivity contribution in [1.82, 2.24) is 10.2 Å². The van der Waals surface area contributed by atoms with E-state index in [2.05, 4.69) is 31.0 Å². The van der Waals surface area contributed by atoms with Crippen LogP contribution in [0.5, 0.6) is 5.75 Å². The van der Waals surface area contributed by atoms with Crippen LogP contribution in [-0.2, 0) is 6.54 Å². The van der Waals surface area contributed by atoms with E-state index in [0.717, 1.165) is 37.5 Å². The first-order valence-electron chi connectivity index (χ1n) is 6.88. The quantitative estimate of drug-likeness (QED) is 0.794. The van der Waals surface area contributed by atoms with E-state index in [1.54, 1.807) is 7.11 Å². The van der Waals surface area contributed by atoms with E-state index in [1.165, 1.54) is 0 Å². The molecule has 0 aliphatic rings. The third-order valence-electron chi connectivity index (χ3n) is 3.32. The smallest absolute Gasteiger partial charge is 0.124 e. The Morgan fingerprint density at radius 2 is 2.00 bits per heavy atom. The summed E-state index contributed by atoms with van der Waals surface area (Å²) in [5.74, 6) is 0.843. The van der Waals surface area contributed by atoms with Gasteiger partial charge in [-0.1, -0.05) is 31.5 Å². The lowest BCUT2D eigenvalue weighted by Crippen LogP contribution is -2.38. The molecule has 1 aromatic rings. The first-order chi connectivity index (χ1) is 9.10. The van der Waals surface area contributed by atoms with Crippen LogP contribution in [0.1, 0.15) is 26.3 Å². The molecule has 0 fully saturated rings. The van der Waals surface area contributed by atoms with Crippen LogP contribution in [0.3, 0.4) is 0 Å². The van der Waals surface area contributed by atoms with Gasteiger partial charge in [-0.3, -0.25) is 0 Å². The molecule has 0 heterocycles. The Bertz CT molecular complexity index is 380. The highest BCUT2D eigenvalue weighted by molar-refractivity contribution is 6.30. The Morgan fingerprint density at radius 3 is 2.58 bits per heavy atom. The molecule has 0 radical (unpaired) electrons. The van der Waals surface area contributed by atoms with E-state index < -0.39 is 0 Å². The first kappa shape index (κ1) is 16.3. The zero-order valence-electron chi connectivity index (χ0n) is 12.4. The number of hydrogen-bond acceptors (Lipinski definition) is 3. The second-order valence-corrected chi connectivity index (χ2v) is 5.16. The van der Waals surface area contributed by atoms with E-state index in [0.29, 0.717) is 11.1 Å². The molecule has 0 amide bonds. The Kier molecular flexibility index (Phi) is 7.21. The summed E-state index contributed by atoms with van der Waals surface area (Å²) in [6, 6.07) is 6.21. The highest BCUT2D eigenvalue weighted by atomic mass is 35.5. The minimum Gasteiger partial charge on any atom is -0.496 e. The van der Waals surface area contributed by atoms with E-state index in [9.17, 15) is 0 Å². The van der Waals surface area contributed by atoms with Crippen LogP contribution in [0, 0.1) is 0 Å². The number of nitrogens with zero attached hydrogens (tertiary/aromatic N) is 1. The topological polar surface area (TPSA) is 24.5 Å². The lowest BCUT2D eigenvalue weighted by molar-refractivity contribution is 0.270. The summed E-state index contributed by atoms with van der Waals surface area (Å²) >= 11 is 5.96. The SMILES string of the molecule is CCN(CC)CC(C)NCc1ccc(Cl)cc1OC. The number of halogens is 1. The molecule has 0 bridgehead atoms. The van der Waals surface area contributed by atoms with Gasteiger partial charge in [0, 0.05) is 29.7 Å². The summed E-state index contributed by atoms with van der Waals surface area (Å²) in [5, 5.41) is 4.23. The van der Waals surface area contributed by atoms with E-state index in [4.69, 9.17) is 16.3 Å². The number of methoxy groups -OCH3 is 1. The van der Waals surface area contributed by atoms with Gasteiger partial charge < -0.3 is 15.0 Å². The molecule has 0 spiro atoms. The largest absolute Gasteiger partial charge is 0.496 e. The summed E-state index contributed by atoms with van der Waals surface area (Å²) in [4.78, 5) is 2.41. The maximum Gasteiger partial charge on any atom is 0.124 e. The van der Waals surface area contributed by atoms with Crippen LogP contribution in [0.15, 0.2) is 18.2 Å². The molecular weight excluding hydrogens is 260 g/mol. The van der Waals surface area contributed by atoms with Crippen molar-refractivity contribution in [3.8, 4) is 5.75 Å². The van der Waals surface area contributed by atoms with Crippen molar-refractivity contribution < 1.29 is 4.74 Å². The lowest BCUT2D eigenvalue weighted by atomic mass is 10.2. The van der Waals surface area contributed by atoms with Gasteiger partial charge in [0.05, 0.1) is 7.11 Å². The van der Waals surface area contributed by atoms with Gasteiger partial charge in [0.25, 0.3) is 0 Å². The molecule has 0 saturated carbocycles. The first-order valence-corrected chi connectivity index (χ1v) is 7.26. The zero-order valence-corrected chi connectivity index (χ0v) is 13.1. The normalized spacial score (nSPS) is 12.7. The zero-order chi connectivity index (χ0) is 14.3. The number of ether oxygens (including phenoxy) is 1. The Balaban J connectivity index is 2.52. The van der Waals surface area contributed by atoms with Gasteiger partial charge in [-0.25, -0.2) is 0 Å². The summed E-state index contributed by atoms with van der Waals surface area (Å²) in [7, 11) is 1.68. The second kappa shape index (κ2) is 8.41. The fraction of sp³-hybridized carbons (Fsp3) is 0.600. The molecule has 4 heteroatoms. The second-order valence-electron chi connectivity index (χ2n) is 4.72. The summed E-state index contributed by atoms with van der Waals surface area (Å²) < 4.78 is 5.35. The van der Waals surface area contributed by atoms with Crippen molar-refractivity contribution in [1.29, 1.82) is 0 Å². The third kappa shape index (κ3) is 5.39. The minimum atomic E-state index is 0.445. The predicted molar refractivity (Wildman–Crippen MR) is 82.1 cm³/mol. The van der Waals surface area contributed by atoms with E-state index in [-0.39, 0.29) is 0 Å². The van der Waals surface area contributed by atoms with Crippen molar-refractivity contribution in [3.63, 3.8) is 0 Å². The number of rotatable bonds is 8. The van der Waals surface area contributed by atoms with Gasteiger partial charge in [-0.15, -0.1) is 0 Å². The summed E-state index contributed by atoms with van der Waals surface area (Å²) in [5.41, 5.74) is 1.14. The van der Waals surface area contributed by atoms with Crippen LogP contribution in [-0.4, -0.2) is 37.7 Å². The summed E-state index contributed by atoms with van der Waals surface area (Å²) in [6.07, 6.45) is 0. The third-order valence-corrected chi connectivity index (χ3v) is 3.55. The molecule has 19 heavy (non-hydrogen) atoms. The molecule has 1 rings (SSSR count). The van der Waals surface area contributed by atoms with Crippen molar-refractivity contribution >= 4 is 11.6 Å². The fourth-order valence-corrected chi connectivity index (χ4v) is 2.24. The van der Waals surface area contributed by atoms with Crippen LogP contribution in [0.4, 0.5) is 0 Å². The van der Waals surface area contributed by atoms with Crippen LogP contribution in [0.25, 0.3) is 0 Å². The maximum atomic E-state index is 5.96. The molecule has 1 aromatic carbocycles. The van der Waals surface area contributed by atoms with Gasteiger partial charge in [0.15, 0.2) is 0 Å². The standard InChI is InChI=1S/C15H25ClN2O/c1-5-18(6-2)11-12(3)17-10-13-7-8-14(16)9-15(13)19-4/h7-9,12,17H,5-6,10-11H2,1-4H3. The van der Waals surface area contributed by atoms with Gasteiger partial charge in [-0.05, 0) is 32.1 Å². The number of benzene rings is 1. The van der Waals surface area contributed by atoms with Gasteiger partial charge >= 0.3 is 0 Å². The van der Waals surface area contributed by atoms with Gasteiger partial charge in [0.1, 0.15) is 5.75 Å². The van der Waals surface area contributed by atoms with Gasteiger partial charge in [-0.2, -0.15) is 0 Å². The lowest BCUT2D eigenvalue weighted by Gasteiger charge is -2.23. The molecule has 0 aliphatic heterocycles. The molecule has 1 N–H and O–H groups in total. The molecule has 1 unspecified atom stereocenters. The Labute approximate surface area is 121 Å². The van der Waals surface area contributed by atoms with Crippen molar-refractivity contribution in [3.05, 3.63) is 28.8 Å². The Morgan fingerprint density at radius 1 is 1.32 bits per heavy atom. The van der Waals surface area contributed by atoms with Crippen LogP contribution in [0.2, 0.25) is 5.02 Å². The average molecular weight is 285 g/mol. The van der Waals surface area contributed by atoms with Crippen LogP contribution >= 0.6 is 11.6 Å².